The highest BCUT2D eigenvalue weighted by Gasteiger charge is 1.65. The molecule has 0 aliphatic rings. The smallest absolute Gasteiger partial charge is 0.00134 e. The van der Waals surface area contributed by atoms with Crippen LogP contribution in [0.15, 0.2) is 62.3 Å². The second kappa shape index (κ2) is 108. The molecule has 0 radical (unpaired) electrons. The summed E-state index contributed by atoms with van der Waals surface area (Å²) in [5, 5.41) is 0. The minimum atomic E-state index is 1.08. The van der Waals surface area contributed by atoms with Crippen LogP contribution in [0, 0.1) is 61.2 Å². The normalized spacial score (nSPS) is 6.92. The van der Waals surface area contributed by atoms with Gasteiger partial charge in [-0.25, -0.2) is 0 Å². The van der Waals surface area contributed by atoms with Gasteiger partial charge in [0.15, 0.2) is 0 Å². The van der Waals surface area contributed by atoms with Gasteiger partial charge in [-0.3, -0.25) is 0 Å². The maximum Gasteiger partial charge on any atom is -0.00134 e. The Morgan fingerprint density at radius 1 is 0.611 bits per heavy atom. The van der Waals surface area contributed by atoms with Crippen LogP contribution in [-0.4, -0.2) is 0 Å². The van der Waals surface area contributed by atoms with Crippen molar-refractivity contribution in [1.82, 2.24) is 0 Å². The molecule has 0 rings (SSSR count). The number of allylic oxidation sites excluding steroid dienone is 7. The van der Waals surface area contributed by atoms with Gasteiger partial charge in [0.25, 0.3) is 0 Å². The van der Waals surface area contributed by atoms with Gasteiger partial charge in [0.2, 0.25) is 0 Å². The molecular formula is C36H58. The Kier molecular flexibility index (Phi) is 161. The van der Waals surface area contributed by atoms with Crippen molar-refractivity contribution in [3.8, 4) is 61.2 Å². The summed E-state index contributed by atoms with van der Waals surface area (Å²) in [7, 11) is 0. The van der Waals surface area contributed by atoms with Crippen LogP contribution in [0.3, 0.4) is 0 Å². The van der Waals surface area contributed by atoms with Crippen molar-refractivity contribution in [3.63, 3.8) is 0 Å². The maximum absolute atomic E-state index is 4.70. The van der Waals surface area contributed by atoms with E-state index in [0.29, 0.717) is 0 Å². The molecule has 0 aliphatic heterocycles. The summed E-state index contributed by atoms with van der Waals surface area (Å²) in [6.45, 7) is 28.0. The minimum absolute atomic E-state index is 1.08. The van der Waals surface area contributed by atoms with Crippen molar-refractivity contribution in [2.75, 3.05) is 0 Å². The maximum atomic E-state index is 4.70. The summed E-state index contributed by atoms with van der Waals surface area (Å²) in [6, 6.07) is 0. The average molecular weight is 491 g/mol. The van der Waals surface area contributed by atoms with E-state index in [9.17, 15) is 0 Å². The molecule has 36 heavy (non-hydrogen) atoms. The fourth-order valence-electron chi connectivity index (χ4n) is 1.07. The predicted molar refractivity (Wildman–Crippen MR) is 175 cm³/mol. The number of rotatable bonds is 7. The molecule has 0 heterocycles. The number of hydrogen-bond donors (Lipinski definition) is 0. The van der Waals surface area contributed by atoms with E-state index in [2.05, 4.69) is 153 Å². The minimum Gasteiger partial charge on any atom is -0.124 e. The summed E-state index contributed by atoms with van der Waals surface area (Å²) >= 11 is 0. The van der Waals surface area contributed by atoms with E-state index < -0.39 is 0 Å². The van der Waals surface area contributed by atoms with Gasteiger partial charge < -0.3 is 0 Å². The van der Waals surface area contributed by atoms with E-state index in [0.717, 1.165) is 6.42 Å². The van der Waals surface area contributed by atoms with Crippen LogP contribution in [0.5, 0.6) is 0 Å². The zero-order valence-electron chi connectivity index (χ0n) is 25.4. The largest absolute Gasteiger partial charge is 0.124 e. The Morgan fingerprint density at radius 3 is 0.972 bits per heavy atom. The SMILES string of the molecule is C#C.C#CC#CC#C.C/C=C/CCC.C=C.C=CCC.CC#CC.CC/C=C/CC.CC/C=C/CC. The Bertz CT molecular complexity index is 578. The van der Waals surface area contributed by atoms with Gasteiger partial charge in [-0.2, -0.15) is 0 Å². The molecule has 0 saturated carbocycles. The molecule has 0 atom stereocenters. The van der Waals surface area contributed by atoms with E-state index in [-0.39, 0.29) is 0 Å². The molecule has 0 amide bonds. The van der Waals surface area contributed by atoms with E-state index >= 15 is 0 Å². The topological polar surface area (TPSA) is 0 Å². The van der Waals surface area contributed by atoms with Crippen LogP contribution in [0.1, 0.15) is 107 Å². The van der Waals surface area contributed by atoms with E-state index in [1.807, 2.05) is 19.9 Å². The summed E-state index contributed by atoms with van der Waals surface area (Å²) in [5.74, 6) is 14.0. The van der Waals surface area contributed by atoms with Gasteiger partial charge in [-0.1, -0.05) is 90.5 Å². The van der Waals surface area contributed by atoms with Crippen molar-refractivity contribution in [2.45, 2.75) is 107 Å². The lowest BCUT2D eigenvalue weighted by Crippen LogP contribution is -1.55. The molecule has 0 aromatic rings. The van der Waals surface area contributed by atoms with E-state index in [1.54, 1.807) is 0 Å². The highest BCUT2D eigenvalue weighted by atomic mass is 13.7. The van der Waals surface area contributed by atoms with Gasteiger partial charge in [-0.15, -0.1) is 57.3 Å². The van der Waals surface area contributed by atoms with Crippen LogP contribution >= 0.6 is 0 Å². The Hall–Kier alpha value is -3.50. The molecule has 0 nitrogen and oxygen atoms in total. The summed E-state index contributed by atoms with van der Waals surface area (Å²) in [5.41, 5.74) is 0. The molecule has 0 aliphatic carbocycles. The third kappa shape index (κ3) is 241. The van der Waals surface area contributed by atoms with Crippen LogP contribution in [0.4, 0.5) is 0 Å². The van der Waals surface area contributed by atoms with E-state index in [4.69, 9.17) is 12.8 Å². The van der Waals surface area contributed by atoms with Crippen LogP contribution in [0.25, 0.3) is 0 Å². The van der Waals surface area contributed by atoms with Gasteiger partial charge in [0.1, 0.15) is 0 Å². The van der Waals surface area contributed by atoms with E-state index in [1.165, 1.54) is 38.5 Å². The van der Waals surface area contributed by atoms with Crippen molar-refractivity contribution in [1.29, 1.82) is 0 Å². The zero-order chi connectivity index (χ0) is 30.1. The second-order valence-electron chi connectivity index (χ2n) is 5.67. The summed E-state index contributed by atoms with van der Waals surface area (Å²) in [6.07, 6.45) is 40.5. The fraction of sp³-hybridized carbons (Fsp3) is 0.444. The molecule has 0 aromatic carbocycles. The third-order valence-electron chi connectivity index (χ3n) is 2.71. The number of hydrogen-bond acceptors (Lipinski definition) is 0. The first-order chi connectivity index (χ1) is 17.5. The molecule has 0 heteroatoms. The van der Waals surface area contributed by atoms with Gasteiger partial charge in [0.05, 0.1) is 0 Å². The monoisotopic (exact) mass is 490 g/mol. The van der Waals surface area contributed by atoms with Crippen molar-refractivity contribution >= 4 is 0 Å². The zero-order valence-corrected chi connectivity index (χ0v) is 25.4. The predicted octanol–water partition coefficient (Wildman–Crippen LogP) is 11.0. The fourth-order valence-corrected chi connectivity index (χ4v) is 1.07. The highest BCUT2D eigenvalue weighted by Crippen LogP contribution is 1.85. The molecule has 202 valence electrons. The molecule has 0 bridgehead atoms. The first kappa shape index (κ1) is 53.7. The van der Waals surface area contributed by atoms with Gasteiger partial charge in [-0.05, 0) is 83.0 Å². The molecular weight excluding hydrogens is 432 g/mol. The standard InChI is InChI=1S/3C6H12.C6H2.C4H8.C4H6.C2H4.C2H2/c4*1-3-5-6-4-2;2*1-3-4-2;2*1-2/h2*5-6H,3-4H2,1-2H3;3,5H,4,6H2,1-2H3;1-2H;3H,1,4H2,2H3;1-2H3;1-2H2;1-2H/b2*6-5+;5-3+;;;;;. The van der Waals surface area contributed by atoms with Gasteiger partial charge in [0, 0.05) is 0 Å². The van der Waals surface area contributed by atoms with Crippen molar-refractivity contribution < 1.29 is 0 Å². The lowest BCUT2D eigenvalue weighted by atomic mass is 10.3. The lowest BCUT2D eigenvalue weighted by Gasteiger charge is -1.76. The summed E-state index contributed by atoms with van der Waals surface area (Å²) < 4.78 is 0. The Labute approximate surface area is 230 Å². The lowest BCUT2D eigenvalue weighted by molar-refractivity contribution is 0.957. The molecule has 0 aromatic heterocycles. The number of unbranched alkanes of at least 4 members (excludes halogenated alkanes) is 1. The van der Waals surface area contributed by atoms with Gasteiger partial charge >= 0.3 is 0 Å². The highest BCUT2D eigenvalue weighted by molar-refractivity contribution is 5.31. The molecule has 0 spiro atoms. The average Bonchev–Trinajstić information content (AvgIpc) is 2.96. The molecule has 0 saturated heterocycles. The Balaban J connectivity index is -0.0000000426. The quantitative estimate of drug-likeness (QED) is 0.246. The Morgan fingerprint density at radius 2 is 0.889 bits per heavy atom. The third-order valence-corrected chi connectivity index (χ3v) is 2.71. The van der Waals surface area contributed by atoms with Crippen LogP contribution in [-0.2, 0) is 0 Å². The molecule has 0 unspecified atom stereocenters. The van der Waals surface area contributed by atoms with Crippen molar-refractivity contribution in [3.05, 3.63) is 62.3 Å². The molecule has 0 N–H and O–H groups in total. The van der Waals surface area contributed by atoms with Crippen molar-refractivity contribution in [2.24, 2.45) is 0 Å². The number of terminal acetylenes is 3. The first-order valence-corrected chi connectivity index (χ1v) is 12.6. The summed E-state index contributed by atoms with van der Waals surface area (Å²) in [4.78, 5) is 0. The van der Waals surface area contributed by atoms with Crippen LogP contribution < -0.4 is 0 Å². The second-order valence-corrected chi connectivity index (χ2v) is 5.67. The van der Waals surface area contributed by atoms with Crippen LogP contribution in [0.2, 0.25) is 0 Å². The molecule has 0 fully saturated rings. The first-order valence-electron chi connectivity index (χ1n) is 12.6.